The van der Waals surface area contributed by atoms with Crippen molar-refractivity contribution < 1.29 is 4.42 Å². The van der Waals surface area contributed by atoms with Crippen LogP contribution < -0.4 is 5.32 Å². The van der Waals surface area contributed by atoms with E-state index in [4.69, 9.17) is 4.42 Å². The third-order valence-electron chi connectivity index (χ3n) is 2.81. The van der Waals surface area contributed by atoms with Crippen molar-refractivity contribution in [2.24, 2.45) is 0 Å². The molecule has 90 valence electrons. The topological polar surface area (TPSA) is 25.2 Å². The minimum atomic E-state index is 0.240. The highest BCUT2D eigenvalue weighted by atomic mass is 127. The van der Waals surface area contributed by atoms with Crippen molar-refractivity contribution in [2.45, 2.75) is 26.3 Å². The molecule has 0 aliphatic rings. The van der Waals surface area contributed by atoms with E-state index in [9.17, 15) is 0 Å². The molecule has 2 nitrogen and oxygen atoms in total. The van der Waals surface area contributed by atoms with E-state index in [2.05, 4.69) is 60.0 Å². The fraction of sp³-hybridized carbons (Fsp3) is 0.286. The first-order valence-corrected chi connectivity index (χ1v) is 6.84. The van der Waals surface area contributed by atoms with Crippen molar-refractivity contribution in [3.63, 3.8) is 0 Å². The molecule has 0 fully saturated rings. The van der Waals surface area contributed by atoms with Gasteiger partial charge in [-0.1, -0.05) is 6.92 Å². The minimum Gasteiger partial charge on any atom is -0.467 e. The number of furan rings is 1. The minimum absolute atomic E-state index is 0.240. The maximum Gasteiger partial charge on any atom is 0.125 e. The first-order chi connectivity index (χ1) is 8.20. The van der Waals surface area contributed by atoms with E-state index >= 15 is 0 Å². The van der Waals surface area contributed by atoms with Crippen LogP contribution in [-0.2, 0) is 0 Å². The Labute approximate surface area is 116 Å². The number of benzene rings is 1. The van der Waals surface area contributed by atoms with Gasteiger partial charge in [0.1, 0.15) is 5.76 Å². The summed E-state index contributed by atoms with van der Waals surface area (Å²) in [7, 11) is 0. The Morgan fingerprint density at radius 3 is 2.76 bits per heavy atom. The number of halogens is 1. The quantitative estimate of drug-likeness (QED) is 0.812. The summed E-state index contributed by atoms with van der Waals surface area (Å²) in [5.41, 5.74) is 2.44. The zero-order chi connectivity index (χ0) is 12.3. The second-order valence-electron chi connectivity index (χ2n) is 4.08. The number of rotatable bonds is 4. The van der Waals surface area contributed by atoms with E-state index in [-0.39, 0.29) is 6.04 Å². The summed E-state index contributed by atoms with van der Waals surface area (Å²) in [4.78, 5) is 0. The molecule has 2 aromatic rings. The fourth-order valence-electron chi connectivity index (χ4n) is 1.84. The molecule has 1 heterocycles. The normalized spacial score (nSPS) is 12.4. The van der Waals surface area contributed by atoms with Crippen molar-refractivity contribution >= 4 is 28.3 Å². The van der Waals surface area contributed by atoms with Gasteiger partial charge >= 0.3 is 0 Å². The number of hydrogen-bond donors (Lipinski definition) is 1. The van der Waals surface area contributed by atoms with Crippen LogP contribution in [0.25, 0.3) is 0 Å². The first kappa shape index (κ1) is 12.5. The summed E-state index contributed by atoms with van der Waals surface area (Å²) in [6, 6.07) is 10.6. The molecule has 17 heavy (non-hydrogen) atoms. The molecule has 2 rings (SSSR count). The molecule has 0 saturated carbocycles. The molecule has 1 N–H and O–H groups in total. The average Bonchev–Trinajstić information content (AvgIpc) is 2.81. The summed E-state index contributed by atoms with van der Waals surface area (Å²) in [6.07, 6.45) is 2.72. The van der Waals surface area contributed by atoms with Gasteiger partial charge < -0.3 is 9.73 Å². The maximum atomic E-state index is 5.46. The lowest BCUT2D eigenvalue weighted by molar-refractivity contribution is 0.474. The van der Waals surface area contributed by atoms with Crippen LogP contribution in [0.5, 0.6) is 0 Å². The number of aryl methyl sites for hydroxylation is 1. The van der Waals surface area contributed by atoms with Crippen molar-refractivity contribution in [3.05, 3.63) is 51.5 Å². The van der Waals surface area contributed by atoms with Gasteiger partial charge in [0.25, 0.3) is 0 Å². The van der Waals surface area contributed by atoms with Gasteiger partial charge in [-0.2, -0.15) is 0 Å². The molecular formula is C14H16INO. The Balaban J connectivity index is 2.19. The third-order valence-corrected chi connectivity index (χ3v) is 3.48. The number of hydrogen-bond acceptors (Lipinski definition) is 2. The Bertz CT molecular complexity index is 479. The van der Waals surface area contributed by atoms with E-state index < -0.39 is 0 Å². The van der Waals surface area contributed by atoms with Crippen LogP contribution in [0.15, 0.2) is 41.0 Å². The molecule has 3 heteroatoms. The van der Waals surface area contributed by atoms with Crippen LogP contribution in [0.3, 0.4) is 0 Å². The van der Waals surface area contributed by atoms with Crippen LogP contribution >= 0.6 is 22.6 Å². The molecule has 0 saturated heterocycles. The lowest BCUT2D eigenvalue weighted by Gasteiger charge is -2.17. The van der Waals surface area contributed by atoms with E-state index in [1.54, 1.807) is 6.26 Å². The van der Waals surface area contributed by atoms with Crippen LogP contribution in [-0.4, -0.2) is 0 Å². The molecule has 0 bridgehead atoms. The monoisotopic (exact) mass is 341 g/mol. The van der Waals surface area contributed by atoms with Crippen molar-refractivity contribution in [2.75, 3.05) is 5.32 Å². The highest BCUT2D eigenvalue weighted by molar-refractivity contribution is 14.1. The van der Waals surface area contributed by atoms with Gasteiger partial charge in [-0.15, -0.1) is 0 Å². The molecule has 0 spiro atoms. The number of nitrogens with one attached hydrogen (secondary N) is 1. The van der Waals surface area contributed by atoms with Crippen molar-refractivity contribution in [1.29, 1.82) is 0 Å². The zero-order valence-electron chi connectivity index (χ0n) is 10.0. The van der Waals surface area contributed by atoms with Gasteiger partial charge in [0, 0.05) is 9.26 Å². The highest BCUT2D eigenvalue weighted by Gasteiger charge is 2.12. The van der Waals surface area contributed by atoms with E-state index in [0.717, 1.165) is 12.2 Å². The molecule has 0 radical (unpaired) electrons. The third kappa shape index (κ3) is 3.03. The maximum absolute atomic E-state index is 5.46. The largest absolute Gasteiger partial charge is 0.467 e. The molecular weight excluding hydrogens is 325 g/mol. The lowest BCUT2D eigenvalue weighted by atomic mass is 10.1. The molecule has 0 amide bonds. The van der Waals surface area contributed by atoms with Crippen LogP contribution in [0.1, 0.15) is 30.7 Å². The van der Waals surface area contributed by atoms with Gasteiger partial charge in [-0.05, 0) is 71.8 Å². The molecule has 1 aromatic heterocycles. The standard InChI is InChI=1S/C14H16INO/c1-3-12(14-5-4-8-17-14)16-13-7-6-11(15)9-10(13)2/h4-9,12,16H,3H2,1-2H3. The van der Waals surface area contributed by atoms with Gasteiger partial charge in [-0.3, -0.25) is 0 Å². The summed E-state index contributed by atoms with van der Waals surface area (Å²) in [6.45, 7) is 4.28. The molecule has 1 atom stereocenters. The summed E-state index contributed by atoms with van der Waals surface area (Å²) < 4.78 is 6.72. The van der Waals surface area contributed by atoms with E-state index in [1.807, 2.05) is 12.1 Å². The van der Waals surface area contributed by atoms with Gasteiger partial charge in [0.15, 0.2) is 0 Å². The highest BCUT2D eigenvalue weighted by Crippen LogP contribution is 2.25. The van der Waals surface area contributed by atoms with E-state index in [0.29, 0.717) is 0 Å². The zero-order valence-corrected chi connectivity index (χ0v) is 12.2. The Morgan fingerprint density at radius 1 is 1.35 bits per heavy atom. The van der Waals surface area contributed by atoms with Crippen LogP contribution in [0.2, 0.25) is 0 Å². The Hall–Kier alpha value is -0.970. The molecule has 0 aliphatic heterocycles. The predicted molar refractivity (Wildman–Crippen MR) is 79.3 cm³/mol. The predicted octanol–water partition coefficient (Wildman–Crippen LogP) is 4.76. The summed E-state index contributed by atoms with van der Waals surface area (Å²) in [5.74, 6) is 0.991. The van der Waals surface area contributed by atoms with Crippen LogP contribution in [0, 0.1) is 10.5 Å². The first-order valence-electron chi connectivity index (χ1n) is 5.76. The Morgan fingerprint density at radius 2 is 2.18 bits per heavy atom. The smallest absolute Gasteiger partial charge is 0.125 e. The Kier molecular flexibility index (Phi) is 4.10. The molecule has 0 aliphatic carbocycles. The molecule has 1 aromatic carbocycles. The fourth-order valence-corrected chi connectivity index (χ4v) is 2.49. The second kappa shape index (κ2) is 5.58. The van der Waals surface area contributed by atoms with Crippen molar-refractivity contribution in [1.82, 2.24) is 0 Å². The van der Waals surface area contributed by atoms with Crippen molar-refractivity contribution in [3.8, 4) is 0 Å². The van der Waals surface area contributed by atoms with Gasteiger partial charge in [0.2, 0.25) is 0 Å². The van der Waals surface area contributed by atoms with Crippen LogP contribution in [0.4, 0.5) is 5.69 Å². The SMILES string of the molecule is CCC(Nc1ccc(I)cc1C)c1ccco1. The van der Waals surface area contributed by atoms with Gasteiger partial charge in [0.05, 0.1) is 12.3 Å². The number of anilines is 1. The summed E-state index contributed by atoms with van der Waals surface area (Å²) >= 11 is 2.33. The van der Waals surface area contributed by atoms with Gasteiger partial charge in [-0.25, -0.2) is 0 Å². The average molecular weight is 341 g/mol. The van der Waals surface area contributed by atoms with E-state index in [1.165, 1.54) is 14.8 Å². The molecule has 1 unspecified atom stereocenters. The summed E-state index contributed by atoms with van der Waals surface area (Å²) in [5, 5.41) is 3.53. The second-order valence-corrected chi connectivity index (χ2v) is 5.33. The lowest BCUT2D eigenvalue weighted by Crippen LogP contribution is -2.09.